The second-order valence-corrected chi connectivity index (χ2v) is 27.4. The number of aromatic nitrogens is 6. The SMILES string of the molecule is CC.CC.CCOc1ccc(S(=O)(=O)NC)cc1Nc1cc(Nc2ccc(Cl)cc2)ncn1.CNS(=O)(=O)c1ccc(OC(C)C(C)C)c(Nc2cc(Nc3ccc(Cl)cc3)ncn2)c1.CNS(=O)(=O)c1ccc(OCC(C)C)c(Nc2cc(Nc3ccc(Cl)cc3)ncn2)c1. The van der Waals surface area contributed by atoms with E-state index in [0.29, 0.717) is 103 Å². The zero-order chi connectivity index (χ0) is 70.6. The lowest BCUT2D eigenvalue weighted by atomic mass is 10.1. The molecule has 0 bridgehead atoms. The highest BCUT2D eigenvalue weighted by Gasteiger charge is 2.20. The maximum absolute atomic E-state index is 12.3. The standard InChI is InChI=1S/C22H26ClN5O3S.C21H24ClN5O3S.C19H20ClN5O3S.2C2H6/c1-14(2)15(3)31-20-10-9-18(32(29,30)24-4)11-19(20)28-22-12-21(25-13-26-22)27-17-7-5-16(23)6-8-17;1-14(2)12-30-19-9-8-17(31(28,29)23-3)10-18(19)27-21-11-20(24-13-25-21)26-16-6-4-15(22)5-7-16;1-3-28-17-9-8-15(29(26,27)21-2)10-16(17)25-19-11-18(22-12-23-19)24-14-6-4-13(20)5-7-14;2*1-2/h5-15,24H,1-4H3,(H2,25,26,27,28);4-11,13-14,23H,12H2,1-3H3,(H2,24,25,26,27);4-12,21H,3H2,1-2H3,(H2,22,23,24,25);2*1-2H3. The number of hydrogen-bond acceptors (Lipinski definition) is 21. The topological polar surface area (TPSA) is 316 Å². The smallest absolute Gasteiger partial charge is 0.240 e. The van der Waals surface area contributed by atoms with Gasteiger partial charge in [-0.05, 0) is 174 Å². The maximum Gasteiger partial charge on any atom is 0.240 e. The molecule has 24 nitrogen and oxygen atoms in total. The molecule has 0 spiro atoms. The Kier molecular flexibility index (Phi) is 31.1. The highest BCUT2D eigenvalue weighted by Crippen LogP contribution is 2.35. The molecule has 0 radical (unpaired) electrons. The Morgan fingerprint density at radius 1 is 0.385 bits per heavy atom. The van der Waals surface area contributed by atoms with Crippen LogP contribution in [0.25, 0.3) is 0 Å². The molecule has 9 rings (SSSR count). The maximum atomic E-state index is 12.3. The fourth-order valence-electron chi connectivity index (χ4n) is 7.72. The number of nitrogens with one attached hydrogen (secondary N) is 9. The lowest BCUT2D eigenvalue weighted by Gasteiger charge is -2.21. The average molecular weight is 1430 g/mol. The van der Waals surface area contributed by atoms with Crippen LogP contribution in [0, 0.1) is 11.8 Å². The lowest BCUT2D eigenvalue weighted by Crippen LogP contribution is -2.20. The minimum absolute atomic E-state index is 0.0742. The quantitative estimate of drug-likeness (QED) is 0.0243. The second-order valence-electron chi connectivity index (χ2n) is 20.4. The van der Waals surface area contributed by atoms with E-state index in [2.05, 4.69) is 89.8 Å². The van der Waals surface area contributed by atoms with E-state index in [1.807, 2.05) is 91.8 Å². The first kappa shape index (κ1) is 78.1. The van der Waals surface area contributed by atoms with Gasteiger partial charge in [0, 0.05) is 50.3 Å². The monoisotopic (exact) mass is 1430 g/mol. The number of rotatable bonds is 26. The fraction of sp³-hybridized carbons (Fsp3) is 0.273. The van der Waals surface area contributed by atoms with Gasteiger partial charge in [-0.1, -0.05) is 90.2 Å². The summed E-state index contributed by atoms with van der Waals surface area (Å²) in [6.07, 6.45) is 4.14. The molecule has 0 aliphatic rings. The van der Waals surface area contributed by atoms with E-state index in [1.165, 1.54) is 76.5 Å². The van der Waals surface area contributed by atoms with Crippen molar-refractivity contribution < 1.29 is 39.5 Å². The van der Waals surface area contributed by atoms with Gasteiger partial charge in [0.25, 0.3) is 0 Å². The van der Waals surface area contributed by atoms with Crippen LogP contribution in [-0.4, -0.2) is 95.6 Å². The third-order valence-electron chi connectivity index (χ3n) is 12.9. The van der Waals surface area contributed by atoms with Crippen LogP contribution in [0.2, 0.25) is 15.1 Å². The number of sulfonamides is 3. The van der Waals surface area contributed by atoms with Gasteiger partial charge in [0.2, 0.25) is 30.1 Å². The summed E-state index contributed by atoms with van der Waals surface area (Å²) >= 11 is 17.8. The van der Waals surface area contributed by atoms with Gasteiger partial charge in [-0.2, -0.15) is 0 Å². The Labute approximate surface area is 578 Å². The summed E-state index contributed by atoms with van der Waals surface area (Å²) in [5.74, 6) is 5.22. The number of anilines is 12. The van der Waals surface area contributed by atoms with Gasteiger partial charge in [-0.15, -0.1) is 0 Å². The molecule has 0 saturated carbocycles. The van der Waals surface area contributed by atoms with Crippen molar-refractivity contribution in [3.63, 3.8) is 0 Å². The zero-order valence-electron chi connectivity index (χ0n) is 55.5. The van der Waals surface area contributed by atoms with E-state index in [0.717, 1.165) is 17.1 Å². The molecule has 3 heterocycles. The molecular formula is C66H82Cl3N15O9S3. The molecule has 6 aromatic carbocycles. The van der Waals surface area contributed by atoms with Gasteiger partial charge in [0.05, 0.1) is 51.1 Å². The Bertz CT molecular complexity index is 4270. The first-order chi connectivity index (χ1) is 45.8. The third kappa shape index (κ3) is 24.5. The van der Waals surface area contributed by atoms with Gasteiger partial charge in [0.15, 0.2) is 0 Å². The first-order valence-corrected chi connectivity index (χ1v) is 35.9. The summed E-state index contributed by atoms with van der Waals surface area (Å²) in [6, 6.07) is 40.6. The lowest BCUT2D eigenvalue weighted by molar-refractivity contribution is 0.171. The molecule has 0 aliphatic heterocycles. The average Bonchev–Trinajstić information content (AvgIpc) is 0.843. The zero-order valence-corrected chi connectivity index (χ0v) is 60.2. The molecule has 0 fully saturated rings. The van der Waals surface area contributed by atoms with E-state index in [4.69, 9.17) is 49.0 Å². The van der Waals surface area contributed by atoms with E-state index < -0.39 is 30.1 Å². The van der Waals surface area contributed by atoms with Crippen molar-refractivity contribution in [1.82, 2.24) is 44.1 Å². The number of halogens is 3. The van der Waals surface area contributed by atoms with Gasteiger partial charge >= 0.3 is 0 Å². The molecule has 9 N–H and O–H groups in total. The molecule has 30 heteroatoms. The summed E-state index contributed by atoms with van der Waals surface area (Å²) in [6.45, 7) is 20.9. The molecule has 1 unspecified atom stereocenters. The van der Waals surface area contributed by atoms with Crippen LogP contribution < -0.4 is 60.3 Å². The molecule has 0 aliphatic carbocycles. The minimum Gasteiger partial charge on any atom is -0.492 e. The van der Waals surface area contributed by atoms with Crippen molar-refractivity contribution in [2.45, 2.75) is 90.0 Å². The van der Waals surface area contributed by atoms with Crippen LogP contribution in [0.3, 0.4) is 0 Å². The molecule has 3 aromatic heterocycles. The van der Waals surface area contributed by atoms with Crippen molar-refractivity contribution in [3.05, 3.63) is 180 Å². The second kappa shape index (κ2) is 38.2. The summed E-state index contributed by atoms with van der Waals surface area (Å²) in [4.78, 5) is 25.7. The van der Waals surface area contributed by atoms with Crippen LogP contribution in [-0.2, 0) is 30.1 Å². The molecular weight excluding hydrogens is 1350 g/mol. The van der Waals surface area contributed by atoms with E-state index in [9.17, 15) is 25.3 Å². The number of ether oxygens (including phenoxy) is 3. The van der Waals surface area contributed by atoms with Gasteiger partial charge in [-0.25, -0.2) is 69.3 Å². The Morgan fingerprint density at radius 3 is 0.948 bits per heavy atom. The number of benzene rings is 6. The predicted octanol–water partition coefficient (Wildman–Crippen LogP) is 15.5. The Hall–Kier alpha value is -8.64. The predicted molar refractivity (Wildman–Crippen MR) is 387 cm³/mol. The Balaban J connectivity index is 0.000000254. The van der Waals surface area contributed by atoms with Crippen molar-refractivity contribution in [3.8, 4) is 17.2 Å². The molecule has 514 valence electrons. The minimum atomic E-state index is -3.63. The molecule has 96 heavy (non-hydrogen) atoms. The van der Waals surface area contributed by atoms with Gasteiger partial charge in [0.1, 0.15) is 71.1 Å². The van der Waals surface area contributed by atoms with Crippen LogP contribution in [0.5, 0.6) is 17.2 Å². The van der Waals surface area contributed by atoms with Crippen LogP contribution in [0.15, 0.2) is 179 Å². The van der Waals surface area contributed by atoms with Crippen LogP contribution >= 0.6 is 34.8 Å². The number of hydrogen-bond donors (Lipinski definition) is 9. The van der Waals surface area contributed by atoms with Crippen molar-refractivity contribution in [2.75, 3.05) is 66.3 Å². The highest BCUT2D eigenvalue weighted by atomic mass is 35.5. The summed E-state index contributed by atoms with van der Waals surface area (Å²) < 4.78 is 97.8. The summed E-state index contributed by atoms with van der Waals surface area (Å²) in [5.41, 5.74) is 3.88. The molecule has 1 atom stereocenters. The van der Waals surface area contributed by atoms with Crippen molar-refractivity contribution in [2.24, 2.45) is 11.8 Å². The van der Waals surface area contributed by atoms with E-state index in [1.54, 1.807) is 72.8 Å². The largest absolute Gasteiger partial charge is 0.492 e. The molecule has 0 saturated heterocycles. The van der Waals surface area contributed by atoms with Crippen LogP contribution in [0.1, 0.15) is 69.2 Å². The van der Waals surface area contributed by atoms with Crippen molar-refractivity contribution >= 4 is 134 Å². The highest BCUT2D eigenvalue weighted by molar-refractivity contribution is 7.90. The first-order valence-electron chi connectivity index (χ1n) is 30.4. The van der Waals surface area contributed by atoms with Gasteiger partial charge < -0.3 is 46.1 Å². The number of nitrogens with zero attached hydrogens (tertiary/aromatic N) is 6. The summed E-state index contributed by atoms with van der Waals surface area (Å²) in [5, 5.41) is 20.8. The van der Waals surface area contributed by atoms with Crippen molar-refractivity contribution in [1.29, 1.82) is 0 Å². The van der Waals surface area contributed by atoms with Crippen LogP contribution in [0.4, 0.5) is 69.0 Å². The normalized spacial score (nSPS) is 11.3. The third-order valence-corrected chi connectivity index (χ3v) is 17.8. The fourth-order valence-corrected chi connectivity index (χ4v) is 10.4. The van der Waals surface area contributed by atoms with Gasteiger partial charge in [-0.3, -0.25) is 0 Å². The Morgan fingerprint density at radius 2 is 0.667 bits per heavy atom. The molecule has 9 aromatic rings. The molecule has 0 amide bonds. The summed E-state index contributed by atoms with van der Waals surface area (Å²) in [7, 11) is -6.75. The van der Waals surface area contributed by atoms with E-state index >= 15 is 0 Å². The van der Waals surface area contributed by atoms with E-state index in [-0.39, 0.29) is 26.7 Å².